The Balaban J connectivity index is 1.51. The molecule has 5 rings (SSSR count). The van der Waals surface area contributed by atoms with E-state index >= 15 is 0 Å². The van der Waals surface area contributed by atoms with Gasteiger partial charge < -0.3 is 10.2 Å². The molecular weight excluding hydrogens is 500 g/mol. The molecule has 0 aliphatic heterocycles. The zero-order valence-corrected chi connectivity index (χ0v) is 21.4. The molecule has 1 N–H and O–H groups in total. The zero-order chi connectivity index (χ0) is 25.2. The van der Waals surface area contributed by atoms with Crippen LogP contribution in [0.25, 0.3) is 21.2 Å². The fourth-order valence-electron chi connectivity index (χ4n) is 5.00. The number of pyridine rings is 1. The Morgan fingerprint density at radius 1 is 1.06 bits per heavy atom. The van der Waals surface area contributed by atoms with Crippen molar-refractivity contribution >= 4 is 38.9 Å². The van der Waals surface area contributed by atoms with E-state index in [1.807, 2.05) is 42.3 Å². The molecule has 0 atom stereocenters. The Kier molecular flexibility index (Phi) is 7.32. The second-order valence-electron chi connectivity index (χ2n) is 9.14. The van der Waals surface area contributed by atoms with Crippen molar-refractivity contribution in [3.8, 4) is 11.1 Å². The number of rotatable bonds is 6. The number of amides is 1. The van der Waals surface area contributed by atoms with Gasteiger partial charge in [-0.1, -0.05) is 29.8 Å². The monoisotopic (exact) mass is 525 g/mol. The largest absolute Gasteiger partial charge is 0.331 e. The van der Waals surface area contributed by atoms with Crippen LogP contribution in [0.15, 0.2) is 60.9 Å². The van der Waals surface area contributed by atoms with Crippen LogP contribution in [0.3, 0.4) is 0 Å². The van der Waals surface area contributed by atoms with Gasteiger partial charge in [0.15, 0.2) is 0 Å². The van der Waals surface area contributed by atoms with E-state index in [1.54, 1.807) is 12.4 Å². The third-order valence-electron chi connectivity index (χ3n) is 6.98. The Labute approximate surface area is 217 Å². The fraction of sp³-hybridized carbons (Fsp3) is 0.286. The van der Waals surface area contributed by atoms with Gasteiger partial charge in [0.25, 0.3) is 5.91 Å². The maximum absolute atomic E-state index is 14.5. The lowest BCUT2D eigenvalue weighted by atomic mass is 9.89. The highest BCUT2D eigenvalue weighted by Gasteiger charge is 2.32. The van der Waals surface area contributed by atoms with Crippen molar-refractivity contribution in [2.45, 2.75) is 44.3 Å². The van der Waals surface area contributed by atoms with Crippen molar-refractivity contribution < 1.29 is 13.6 Å². The topological polar surface area (TPSA) is 45.2 Å². The molecule has 2 heterocycles. The van der Waals surface area contributed by atoms with E-state index in [1.165, 1.54) is 0 Å². The summed E-state index contributed by atoms with van der Waals surface area (Å²) in [5.74, 6) is -1.50. The van der Waals surface area contributed by atoms with E-state index in [2.05, 4.69) is 16.4 Å². The second-order valence-corrected chi connectivity index (χ2v) is 10.5. The van der Waals surface area contributed by atoms with E-state index in [-0.39, 0.29) is 31.9 Å². The van der Waals surface area contributed by atoms with Crippen molar-refractivity contribution in [2.24, 2.45) is 0 Å². The van der Waals surface area contributed by atoms with Gasteiger partial charge >= 0.3 is 0 Å². The van der Waals surface area contributed by atoms with Crippen molar-refractivity contribution in [3.63, 3.8) is 0 Å². The number of hydrogen-bond acceptors (Lipinski definition) is 4. The first-order valence-electron chi connectivity index (χ1n) is 12.0. The van der Waals surface area contributed by atoms with Crippen molar-refractivity contribution in [3.05, 3.63) is 88.0 Å². The Morgan fingerprint density at radius 3 is 2.47 bits per heavy atom. The first-order valence-corrected chi connectivity index (χ1v) is 13.2. The Bertz CT molecular complexity index is 1390. The molecule has 1 saturated carbocycles. The molecule has 4 nitrogen and oxygen atoms in total. The Morgan fingerprint density at radius 2 is 1.78 bits per heavy atom. The minimum absolute atomic E-state index is 0.00246. The van der Waals surface area contributed by atoms with Gasteiger partial charge in [-0.15, -0.1) is 11.3 Å². The first-order chi connectivity index (χ1) is 17.5. The average Bonchev–Trinajstić information content (AvgIpc) is 3.28. The van der Waals surface area contributed by atoms with Crippen LogP contribution in [-0.4, -0.2) is 34.9 Å². The first kappa shape index (κ1) is 24.8. The number of carbonyl (C=O) groups is 1. The fourth-order valence-corrected chi connectivity index (χ4v) is 6.50. The summed E-state index contributed by atoms with van der Waals surface area (Å²) in [6, 6.07) is 14.5. The van der Waals surface area contributed by atoms with Crippen LogP contribution in [0.2, 0.25) is 5.02 Å². The molecule has 2 aromatic heterocycles. The SMILES string of the molecule is CN[C@H]1CC[C@H](N(Cc2cccc(-c3ccncc3)c2)C(=O)c2sc3c(F)ccc(F)c3c2Cl)CC1. The van der Waals surface area contributed by atoms with Crippen LogP contribution < -0.4 is 5.32 Å². The van der Waals surface area contributed by atoms with Crippen molar-refractivity contribution in [1.82, 2.24) is 15.2 Å². The highest BCUT2D eigenvalue weighted by atomic mass is 35.5. The normalized spacial score (nSPS) is 17.9. The summed E-state index contributed by atoms with van der Waals surface area (Å²) in [6.07, 6.45) is 7.08. The lowest BCUT2D eigenvalue weighted by Gasteiger charge is -2.37. The van der Waals surface area contributed by atoms with Gasteiger partial charge in [-0.3, -0.25) is 9.78 Å². The number of hydrogen-bond donors (Lipinski definition) is 1. The average molecular weight is 526 g/mol. The molecule has 4 aromatic rings. The number of halogens is 3. The van der Waals surface area contributed by atoms with Gasteiger partial charge in [0.05, 0.1) is 15.1 Å². The van der Waals surface area contributed by atoms with Crippen LogP contribution >= 0.6 is 22.9 Å². The molecule has 36 heavy (non-hydrogen) atoms. The zero-order valence-electron chi connectivity index (χ0n) is 19.8. The maximum Gasteiger partial charge on any atom is 0.266 e. The standard InChI is InChI=1S/C28H26ClF2N3OS/c1-32-20-5-7-21(8-6-20)34(16-17-3-2-4-19(15-17)18-11-13-33-14-12-18)28(35)27-25(29)24-22(30)9-10-23(31)26(24)36-27/h2-4,9-15,20-21,32H,5-8,16H2,1H3/t20-,21-. The number of carbonyl (C=O) groups excluding carboxylic acids is 1. The molecule has 0 radical (unpaired) electrons. The molecule has 0 bridgehead atoms. The summed E-state index contributed by atoms with van der Waals surface area (Å²) >= 11 is 7.43. The number of aromatic nitrogens is 1. The van der Waals surface area contributed by atoms with Crippen LogP contribution in [-0.2, 0) is 6.54 Å². The third-order valence-corrected chi connectivity index (χ3v) is 8.65. The van der Waals surface area contributed by atoms with Crippen molar-refractivity contribution in [1.29, 1.82) is 0 Å². The van der Waals surface area contributed by atoms with E-state index in [0.29, 0.717) is 12.6 Å². The summed E-state index contributed by atoms with van der Waals surface area (Å²) in [7, 11) is 1.96. The van der Waals surface area contributed by atoms with Gasteiger partial charge in [-0.05, 0) is 79.8 Å². The molecular formula is C28H26ClF2N3OS. The highest BCUT2D eigenvalue weighted by Crippen LogP contribution is 2.40. The number of fused-ring (bicyclic) bond motifs is 1. The molecule has 8 heteroatoms. The van der Waals surface area contributed by atoms with Gasteiger partial charge in [0, 0.05) is 31.0 Å². The third kappa shape index (κ3) is 4.88. The second kappa shape index (κ2) is 10.6. The van der Waals surface area contributed by atoms with Crippen LogP contribution in [0.1, 0.15) is 40.9 Å². The molecule has 0 saturated heterocycles. The van der Waals surface area contributed by atoms with Crippen LogP contribution in [0, 0.1) is 11.6 Å². The predicted molar refractivity (Wildman–Crippen MR) is 141 cm³/mol. The summed E-state index contributed by atoms with van der Waals surface area (Å²) in [5, 5.41) is 3.29. The summed E-state index contributed by atoms with van der Waals surface area (Å²) in [5.41, 5.74) is 3.05. The van der Waals surface area contributed by atoms with Gasteiger partial charge in [0.2, 0.25) is 0 Å². The molecule has 0 unspecified atom stereocenters. The lowest BCUT2D eigenvalue weighted by Crippen LogP contribution is -2.44. The quantitative estimate of drug-likeness (QED) is 0.293. The van der Waals surface area contributed by atoms with E-state index in [4.69, 9.17) is 11.6 Å². The lowest BCUT2D eigenvalue weighted by molar-refractivity contribution is 0.0606. The summed E-state index contributed by atoms with van der Waals surface area (Å²) < 4.78 is 29.0. The van der Waals surface area contributed by atoms with Crippen molar-refractivity contribution in [2.75, 3.05) is 7.05 Å². The van der Waals surface area contributed by atoms with Gasteiger partial charge in [0.1, 0.15) is 16.5 Å². The number of thiophene rings is 1. The van der Waals surface area contributed by atoms with E-state index in [9.17, 15) is 13.6 Å². The van der Waals surface area contributed by atoms with Crippen LogP contribution in [0.5, 0.6) is 0 Å². The van der Waals surface area contributed by atoms with Gasteiger partial charge in [-0.2, -0.15) is 0 Å². The van der Waals surface area contributed by atoms with Crippen LogP contribution in [0.4, 0.5) is 8.78 Å². The highest BCUT2D eigenvalue weighted by molar-refractivity contribution is 7.21. The number of nitrogens with one attached hydrogen (secondary N) is 1. The predicted octanol–water partition coefficient (Wildman–Crippen LogP) is 7.07. The minimum atomic E-state index is -0.627. The summed E-state index contributed by atoms with van der Waals surface area (Å²) in [4.78, 5) is 20.1. The van der Waals surface area contributed by atoms with E-state index < -0.39 is 11.6 Å². The molecule has 1 fully saturated rings. The molecule has 1 aliphatic carbocycles. The smallest absolute Gasteiger partial charge is 0.266 e. The maximum atomic E-state index is 14.5. The number of nitrogens with zero attached hydrogens (tertiary/aromatic N) is 2. The summed E-state index contributed by atoms with van der Waals surface area (Å²) in [6.45, 7) is 0.377. The van der Waals surface area contributed by atoms with Gasteiger partial charge in [-0.25, -0.2) is 8.78 Å². The number of benzene rings is 2. The molecule has 1 amide bonds. The molecule has 0 spiro atoms. The Hall–Kier alpha value is -2.87. The van der Waals surface area contributed by atoms with E-state index in [0.717, 1.165) is 65.8 Å². The molecule has 186 valence electrons. The molecule has 2 aromatic carbocycles. The minimum Gasteiger partial charge on any atom is -0.331 e. The molecule has 1 aliphatic rings.